The van der Waals surface area contributed by atoms with Crippen LogP contribution in [-0.2, 0) is 16.1 Å². The number of nitrogens with zero attached hydrogens (tertiary/aromatic N) is 1. The average Bonchev–Trinajstić information content (AvgIpc) is 2.54. The lowest BCUT2D eigenvalue weighted by atomic mass is 10.0. The summed E-state index contributed by atoms with van der Waals surface area (Å²) in [5.41, 5.74) is 1.28. The summed E-state index contributed by atoms with van der Waals surface area (Å²) >= 11 is 0. The Morgan fingerprint density at radius 3 is 2.70 bits per heavy atom. The van der Waals surface area contributed by atoms with Crippen LogP contribution in [0.4, 0.5) is 0 Å². The molecule has 1 amide bonds. The molecule has 128 valence electrons. The molecule has 0 aromatic heterocycles. The minimum absolute atomic E-state index is 0.0269. The molecule has 1 N–H and O–H groups in total. The summed E-state index contributed by atoms with van der Waals surface area (Å²) in [4.78, 5) is 14.7. The van der Waals surface area contributed by atoms with Crippen LogP contribution >= 0.6 is 0 Å². The van der Waals surface area contributed by atoms with Crippen molar-refractivity contribution in [3.05, 3.63) is 35.9 Å². The molecular weight excluding hydrogens is 288 g/mol. The van der Waals surface area contributed by atoms with Gasteiger partial charge in [-0.2, -0.15) is 0 Å². The number of hydrogen-bond acceptors (Lipinski definition) is 3. The van der Waals surface area contributed by atoms with Crippen LogP contribution in [-0.4, -0.2) is 42.6 Å². The maximum atomic E-state index is 12.4. The zero-order valence-electron chi connectivity index (χ0n) is 14.6. The molecule has 1 aromatic carbocycles. The van der Waals surface area contributed by atoms with Gasteiger partial charge in [-0.25, -0.2) is 0 Å². The van der Waals surface area contributed by atoms with Crippen molar-refractivity contribution in [3.8, 4) is 0 Å². The third-order valence-electron chi connectivity index (χ3n) is 4.26. The fourth-order valence-electron chi connectivity index (χ4n) is 2.84. The largest absolute Gasteiger partial charge is 0.366 e. The molecule has 23 heavy (non-hydrogen) atoms. The van der Waals surface area contributed by atoms with Crippen LogP contribution in [0.3, 0.4) is 0 Å². The summed E-state index contributed by atoms with van der Waals surface area (Å²) in [7, 11) is 0. The van der Waals surface area contributed by atoms with E-state index in [0.717, 1.165) is 25.9 Å². The third-order valence-corrected chi connectivity index (χ3v) is 4.26. The van der Waals surface area contributed by atoms with E-state index in [1.165, 1.54) is 5.56 Å². The van der Waals surface area contributed by atoms with Gasteiger partial charge in [0.25, 0.3) is 5.91 Å². The zero-order chi connectivity index (χ0) is 16.7. The summed E-state index contributed by atoms with van der Waals surface area (Å²) in [5.74, 6) is 0.695. The van der Waals surface area contributed by atoms with Crippen LogP contribution in [0, 0.1) is 5.92 Å². The Morgan fingerprint density at radius 2 is 2.00 bits per heavy atom. The lowest BCUT2D eigenvalue weighted by molar-refractivity contribution is -0.139. The highest BCUT2D eigenvalue weighted by atomic mass is 16.5. The predicted octanol–water partition coefficient (Wildman–Crippen LogP) is 2.83. The first kappa shape index (κ1) is 18.0. The predicted molar refractivity (Wildman–Crippen MR) is 93.1 cm³/mol. The van der Waals surface area contributed by atoms with E-state index in [9.17, 15) is 4.79 Å². The molecule has 1 fully saturated rings. The van der Waals surface area contributed by atoms with E-state index >= 15 is 0 Å². The standard InChI is InChI=1S/C19H30N2O2/c1-15(2)9-10-16(3)20-19(22)18-14-21(11-12-23-18)13-17-7-5-4-6-8-17/h4-8,15-16,18H,9-14H2,1-3H3,(H,20,22)/t16-,18-/m1/s1. The van der Waals surface area contributed by atoms with Gasteiger partial charge in [-0.3, -0.25) is 9.69 Å². The topological polar surface area (TPSA) is 41.6 Å². The molecule has 2 atom stereocenters. The average molecular weight is 318 g/mol. The molecule has 1 saturated heterocycles. The van der Waals surface area contributed by atoms with E-state index in [0.29, 0.717) is 19.1 Å². The van der Waals surface area contributed by atoms with E-state index in [2.05, 4.69) is 55.3 Å². The molecule has 0 bridgehead atoms. The fraction of sp³-hybridized carbons (Fsp3) is 0.632. The van der Waals surface area contributed by atoms with Crippen LogP contribution < -0.4 is 5.32 Å². The van der Waals surface area contributed by atoms with Gasteiger partial charge in [0.1, 0.15) is 6.10 Å². The number of nitrogens with one attached hydrogen (secondary N) is 1. The maximum absolute atomic E-state index is 12.4. The molecule has 4 heteroatoms. The van der Waals surface area contributed by atoms with Crippen LogP contribution in [0.25, 0.3) is 0 Å². The van der Waals surface area contributed by atoms with Crippen molar-refractivity contribution in [1.29, 1.82) is 0 Å². The second-order valence-electron chi connectivity index (χ2n) is 6.96. The van der Waals surface area contributed by atoms with Crippen molar-refractivity contribution in [3.63, 3.8) is 0 Å². The summed E-state index contributed by atoms with van der Waals surface area (Å²) in [6, 6.07) is 10.6. The van der Waals surface area contributed by atoms with Gasteiger partial charge in [0, 0.05) is 25.7 Å². The lowest BCUT2D eigenvalue weighted by Gasteiger charge is -2.32. The maximum Gasteiger partial charge on any atom is 0.250 e. The molecule has 1 aliphatic heterocycles. The minimum atomic E-state index is -0.353. The summed E-state index contributed by atoms with van der Waals surface area (Å²) in [6.07, 6.45) is 1.80. The number of amides is 1. The first-order chi connectivity index (χ1) is 11.0. The first-order valence-electron chi connectivity index (χ1n) is 8.73. The molecule has 4 nitrogen and oxygen atoms in total. The Labute approximate surface area is 140 Å². The monoisotopic (exact) mass is 318 g/mol. The highest BCUT2D eigenvalue weighted by Gasteiger charge is 2.27. The molecule has 0 saturated carbocycles. The smallest absolute Gasteiger partial charge is 0.250 e. The molecule has 1 aliphatic rings. The number of rotatable bonds is 7. The number of benzene rings is 1. The number of carbonyl (C=O) groups is 1. The van der Waals surface area contributed by atoms with Gasteiger partial charge in [0.15, 0.2) is 0 Å². The lowest BCUT2D eigenvalue weighted by Crippen LogP contribution is -2.51. The zero-order valence-corrected chi connectivity index (χ0v) is 14.6. The van der Waals surface area contributed by atoms with Crippen molar-refractivity contribution in [2.24, 2.45) is 5.92 Å². The second kappa shape index (κ2) is 9.04. The molecule has 1 heterocycles. The molecule has 0 aliphatic carbocycles. The Morgan fingerprint density at radius 1 is 1.26 bits per heavy atom. The van der Waals surface area contributed by atoms with E-state index < -0.39 is 0 Å². The van der Waals surface area contributed by atoms with Gasteiger partial charge in [0.2, 0.25) is 0 Å². The van der Waals surface area contributed by atoms with E-state index in [1.54, 1.807) is 0 Å². The van der Waals surface area contributed by atoms with Gasteiger partial charge in [-0.1, -0.05) is 44.2 Å². The first-order valence-corrected chi connectivity index (χ1v) is 8.73. The van der Waals surface area contributed by atoms with Gasteiger partial charge >= 0.3 is 0 Å². The third kappa shape index (κ3) is 6.32. The summed E-state index contributed by atoms with van der Waals surface area (Å²) < 4.78 is 5.68. The molecule has 1 aromatic rings. The number of carbonyl (C=O) groups excluding carboxylic acids is 1. The number of hydrogen-bond donors (Lipinski definition) is 1. The molecule has 0 unspecified atom stereocenters. The van der Waals surface area contributed by atoms with Crippen molar-refractivity contribution < 1.29 is 9.53 Å². The molecule has 0 spiro atoms. The van der Waals surface area contributed by atoms with Crippen LogP contribution in [0.1, 0.15) is 39.2 Å². The van der Waals surface area contributed by atoms with E-state index in [-0.39, 0.29) is 18.1 Å². The SMILES string of the molecule is CC(C)CC[C@@H](C)NC(=O)[C@H]1CN(Cc2ccccc2)CCO1. The second-order valence-corrected chi connectivity index (χ2v) is 6.96. The van der Waals surface area contributed by atoms with Crippen molar-refractivity contribution in [2.45, 2.75) is 52.3 Å². The van der Waals surface area contributed by atoms with Crippen LogP contribution in [0.2, 0.25) is 0 Å². The highest BCUT2D eigenvalue weighted by molar-refractivity contribution is 5.81. The Balaban J connectivity index is 1.79. The van der Waals surface area contributed by atoms with Crippen LogP contribution in [0.15, 0.2) is 30.3 Å². The van der Waals surface area contributed by atoms with Crippen LogP contribution in [0.5, 0.6) is 0 Å². The van der Waals surface area contributed by atoms with E-state index in [1.807, 2.05) is 6.07 Å². The van der Waals surface area contributed by atoms with Crippen molar-refractivity contribution >= 4 is 5.91 Å². The molecule has 2 rings (SSSR count). The quantitative estimate of drug-likeness (QED) is 0.840. The fourth-order valence-corrected chi connectivity index (χ4v) is 2.84. The van der Waals surface area contributed by atoms with Gasteiger partial charge < -0.3 is 10.1 Å². The van der Waals surface area contributed by atoms with Crippen molar-refractivity contribution in [2.75, 3.05) is 19.7 Å². The van der Waals surface area contributed by atoms with Gasteiger partial charge in [-0.15, -0.1) is 0 Å². The van der Waals surface area contributed by atoms with Crippen molar-refractivity contribution in [1.82, 2.24) is 10.2 Å². The van der Waals surface area contributed by atoms with E-state index in [4.69, 9.17) is 4.74 Å². The Bertz CT molecular complexity index is 476. The minimum Gasteiger partial charge on any atom is -0.366 e. The summed E-state index contributed by atoms with van der Waals surface area (Å²) in [6.45, 7) is 9.52. The Hall–Kier alpha value is -1.39. The normalized spacial score (nSPS) is 20.4. The summed E-state index contributed by atoms with van der Waals surface area (Å²) in [5, 5.41) is 3.10. The molecular formula is C19H30N2O2. The van der Waals surface area contributed by atoms with Gasteiger partial charge in [-0.05, 0) is 31.2 Å². The highest BCUT2D eigenvalue weighted by Crippen LogP contribution is 2.12. The molecule has 0 radical (unpaired) electrons. The number of ether oxygens (including phenoxy) is 1. The van der Waals surface area contributed by atoms with Gasteiger partial charge in [0.05, 0.1) is 6.61 Å². The number of morpholine rings is 1. The Kier molecular flexibility index (Phi) is 7.06.